The Morgan fingerprint density at radius 3 is 2.65 bits per heavy atom. The van der Waals surface area contributed by atoms with Crippen LogP contribution in [0.1, 0.15) is 16.8 Å². The highest BCUT2D eigenvalue weighted by molar-refractivity contribution is 5.94. The number of rotatable bonds is 3. The molecule has 1 fully saturated rings. The standard InChI is InChI=1S/C11H12N2O4/c14-10(9-4-2-1-3-5-9)12-11(13(15)16)6-7-17-8-11/h1-5H,6-8H2,(H,12,14). The van der Waals surface area contributed by atoms with E-state index in [4.69, 9.17) is 4.74 Å². The summed E-state index contributed by atoms with van der Waals surface area (Å²) in [6, 6.07) is 8.41. The first-order valence-corrected chi connectivity index (χ1v) is 5.24. The van der Waals surface area contributed by atoms with E-state index in [-0.39, 0.29) is 19.6 Å². The molecule has 1 heterocycles. The fourth-order valence-electron chi connectivity index (χ4n) is 1.72. The molecular weight excluding hydrogens is 224 g/mol. The predicted octanol–water partition coefficient (Wildman–Crippen LogP) is 0.810. The van der Waals surface area contributed by atoms with Crippen LogP contribution in [0, 0.1) is 10.1 Å². The lowest BCUT2D eigenvalue weighted by atomic mass is 10.1. The SMILES string of the molecule is O=C(NC1([N+](=O)[O-])CCOC1)c1ccccc1. The third-order valence-corrected chi connectivity index (χ3v) is 2.73. The number of benzene rings is 1. The molecule has 1 saturated heterocycles. The summed E-state index contributed by atoms with van der Waals surface area (Å²) in [5.74, 6) is -0.451. The minimum atomic E-state index is -1.48. The monoisotopic (exact) mass is 236 g/mol. The summed E-state index contributed by atoms with van der Waals surface area (Å²) in [7, 11) is 0. The minimum absolute atomic E-state index is 0.0847. The molecule has 1 amide bonds. The van der Waals surface area contributed by atoms with Crippen LogP contribution >= 0.6 is 0 Å². The maximum Gasteiger partial charge on any atom is 0.321 e. The van der Waals surface area contributed by atoms with E-state index in [2.05, 4.69) is 5.32 Å². The van der Waals surface area contributed by atoms with Gasteiger partial charge in [0.15, 0.2) is 0 Å². The highest BCUT2D eigenvalue weighted by Crippen LogP contribution is 2.19. The van der Waals surface area contributed by atoms with E-state index in [0.717, 1.165) is 0 Å². The summed E-state index contributed by atoms with van der Waals surface area (Å²) in [5, 5.41) is 13.4. The molecule has 1 aliphatic rings. The second kappa shape index (κ2) is 4.50. The first-order valence-electron chi connectivity index (χ1n) is 5.24. The maximum absolute atomic E-state index is 11.8. The summed E-state index contributed by atoms with van der Waals surface area (Å²) in [4.78, 5) is 22.4. The molecule has 17 heavy (non-hydrogen) atoms. The van der Waals surface area contributed by atoms with Crippen LogP contribution in [0.25, 0.3) is 0 Å². The molecule has 1 aliphatic heterocycles. The molecular formula is C11H12N2O4. The lowest BCUT2D eigenvalue weighted by Crippen LogP contribution is -2.55. The van der Waals surface area contributed by atoms with Crippen LogP contribution < -0.4 is 5.32 Å². The van der Waals surface area contributed by atoms with E-state index >= 15 is 0 Å². The molecule has 1 N–H and O–H groups in total. The highest BCUT2D eigenvalue weighted by Gasteiger charge is 2.48. The van der Waals surface area contributed by atoms with Gasteiger partial charge in [0.2, 0.25) is 0 Å². The number of hydrogen-bond acceptors (Lipinski definition) is 4. The molecule has 0 aromatic heterocycles. The van der Waals surface area contributed by atoms with Gasteiger partial charge in [-0.1, -0.05) is 18.2 Å². The van der Waals surface area contributed by atoms with Crippen molar-refractivity contribution in [3.63, 3.8) is 0 Å². The van der Waals surface area contributed by atoms with Gasteiger partial charge in [0, 0.05) is 5.56 Å². The van der Waals surface area contributed by atoms with Crippen molar-refractivity contribution in [1.29, 1.82) is 0 Å². The molecule has 90 valence electrons. The Balaban J connectivity index is 2.15. The Hall–Kier alpha value is -1.95. The van der Waals surface area contributed by atoms with Gasteiger partial charge in [-0.2, -0.15) is 0 Å². The van der Waals surface area contributed by atoms with Gasteiger partial charge in [0.25, 0.3) is 5.91 Å². The minimum Gasteiger partial charge on any atom is -0.371 e. The summed E-state index contributed by atoms with van der Waals surface area (Å²) in [5.41, 5.74) is -1.08. The molecule has 1 aromatic carbocycles. The van der Waals surface area contributed by atoms with Crippen LogP contribution in [0.3, 0.4) is 0 Å². The average Bonchev–Trinajstić information content (AvgIpc) is 2.80. The highest BCUT2D eigenvalue weighted by atomic mass is 16.6. The zero-order valence-electron chi connectivity index (χ0n) is 9.09. The molecule has 0 saturated carbocycles. The molecule has 6 nitrogen and oxygen atoms in total. The van der Waals surface area contributed by atoms with Crippen molar-refractivity contribution >= 4 is 5.91 Å². The second-order valence-electron chi connectivity index (χ2n) is 3.91. The third kappa shape index (κ3) is 2.26. The second-order valence-corrected chi connectivity index (χ2v) is 3.91. The van der Waals surface area contributed by atoms with Crippen molar-refractivity contribution in [2.75, 3.05) is 13.2 Å². The smallest absolute Gasteiger partial charge is 0.321 e. The fourth-order valence-corrected chi connectivity index (χ4v) is 1.72. The number of hydrogen-bond donors (Lipinski definition) is 1. The Kier molecular flexibility index (Phi) is 3.06. The van der Waals surface area contributed by atoms with Gasteiger partial charge in [-0.25, -0.2) is 0 Å². The lowest BCUT2D eigenvalue weighted by Gasteiger charge is -2.19. The van der Waals surface area contributed by atoms with Crippen LogP contribution in [-0.4, -0.2) is 29.7 Å². The number of nitro groups is 1. The number of amides is 1. The molecule has 1 unspecified atom stereocenters. The van der Waals surface area contributed by atoms with Crippen molar-refractivity contribution in [2.24, 2.45) is 0 Å². The fraction of sp³-hybridized carbons (Fsp3) is 0.364. The number of ether oxygens (including phenoxy) is 1. The molecule has 1 aromatic rings. The normalized spacial score (nSPS) is 23.3. The van der Waals surface area contributed by atoms with E-state index in [1.807, 2.05) is 0 Å². The quantitative estimate of drug-likeness (QED) is 0.478. The Labute approximate surface area is 97.7 Å². The predicted molar refractivity (Wildman–Crippen MR) is 59.1 cm³/mol. The first-order chi connectivity index (χ1) is 8.14. The summed E-state index contributed by atoms with van der Waals surface area (Å²) in [6.07, 6.45) is 0.193. The molecule has 0 spiro atoms. The molecule has 6 heteroatoms. The summed E-state index contributed by atoms with van der Waals surface area (Å²) < 4.78 is 5.00. The number of nitrogens with zero attached hydrogens (tertiary/aromatic N) is 1. The molecule has 2 rings (SSSR count). The van der Waals surface area contributed by atoms with E-state index in [9.17, 15) is 14.9 Å². The summed E-state index contributed by atoms with van der Waals surface area (Å²) in [6.45, 7) is 0.203. The zero-order chi connectivity index (χ0) is 12.3. The van der Waals surface area contributed by atoms with Crippen LogP contribution in [0.15, 0.2) is 30.3 Å². The van der Waals surface area contributed by atoms with Gasteiger partial charge in [0.05, 0.1) is 18.0 Å². The van der Waals surface area contributed by atoms with Crippen molar-refractivity contribution in [1.82, 2.24) is 5.32 Å². The average molecular weight is 236 g/mol. The van der Waals surface area contributed by atoms with E-state index in [1.165, 1.54) is 0 Å². The number of carbonyl (C=O) groups excluding carboxylic acids is 1. The van der Waals surface area contributed by atoms with Crippen LogP contribution in [0.4, 0.5) is 0 Å². The lowest BCUT2D eigenvalue weighted by molar-refractivity contribution is -0.572. The van der Waals surface area contributed by atoms with Crippen LogP contribution in [0.2, 0.25) is 0 Å². The molecule has 0 radical (unpaired) electrons. The summed E-state index contributed by atoms with van der Waals surface area (Å²) >= 11 is 0. The van der Waals surface area contributed by atoms with Crippen molar-refractivity contribution in [2.45, 2.75) is 12.1 Å². The molecule has 0 aliphatic carbocycles. The van der Waals surface area contributed by atoms with Crippen molar-refractivity contribution in [3.8, 4) is 0 Å². The van der Waals surface area contributed by atoms with Gasteiger partial charge in [-0.15, -0.1) is 0 Å². The van der Waals surface area contributed by atoms with Gasteiger partial charge in [0.1, 0.15) is 6.61 Å². The Morgan fingerprint density at radius 2 is 2.12 bits per heavy atom. The Bertz CT molecular complexity index is 426. The molecule has 0 bridgehead atoms. The van der Waals surface area contributed by atoms with Gasteiger partial charge >= 0.3 is 5.66 Å². The van der Waals surface area contributed by atoms with Gasteiger partial charge < -0.3 is 4.74 Å². The van der Waals surface area contributed by atoms with E-state index < -0.39 is 16.5 Å². The largest absolute Gasteiger partial charge is 0.371 e. The third-order valence-electron chi connectivity index (χ3n) is 2.73. The Morgan fingerprint density at radius 1 is 1.41 bits per heavy atom. The maximum atomic E-state index is 11.8. The van der Waals surface area contributed by atoms with Gasteiger partial charge in [-0.3, -0.25) is 20.2 Å². The van der Waals surface area contributed by atoms with E-state index in [0.29, 0.717) is 5.56 Å². The van der Waals surface area contributed by atoms with E-state index in [1.54, 1.807) is 30.3 Å². The number of carbonyl (C=O) groups is 1. The van der Waals surface area contributed by atoms with Crippen LogP contribution in [0.5, 0.6) is 0 Å². The van der Waals surface area contributed by atoms with Crippen molar-refractivity contribution in [3.05, 3.63) is 46.0 Å². The van der Waals surface area contributed by atoms with Crippen molar-refractivity contribution < 1.29 is 14.5 Å². The molecule has 1 atom stereocenters. The topological polar surface area (TPSA) is 81.5 Å². The number of nitrogens with one attached hydrogen (secondary N) is 1. The van der Waals surface area contributed by atoms with Gasteiger partial charge in [-0.05, 0) is 12.1 Å². The first kappa shape index (κ1) is 11.5. The zero-order valence-corrected chi connectivity index (χ0v) is 9.09. The van der Waals surface area contributed by atoms with Crippen LogP contribution in [-0.2, 0) is 4.74 Å².